The normalized spacial score (nSPS) is 11.9. The van der Waals surface area contributed by atoms with Crippen LogP contribution in [0.1, 0.15) is 31.7 Å². The Kier molecular flexibility index (Phi) is 5.23. The predicted molar refractivity (Wildman–Crippen MR) is 70.2 cm³/mol. The standard InChI is InChI=1S/C12H17N3O4/c1-8-6-11(13-7-10(8)15(18)19)14-9(2)4-3-5-12(16)17/h6-7,9H,3-5H2,1-2H3,(H,13,14)(H,16,17). The van der Waals surface area contributed by atoms with E-state index in [9.17, 15) is 14.9 Å². The minimum absolute atomic E-state index is 0.0101. The molecule has 1 rings (SSSR count). The summed E-state index contributed by atoms with van der Waals surface area (Å²) >= 11 is 0. The third-order valence-corrected chi connectivity index (χ3v) is 2.70. The molecular formula is C12H17N3O4. The molecule has 1 unspecified atom stereocenters. The van der Waals surface area contributed by atoms with E-state index in [0.717, 1.165) is 0 Å². The van der Waals surface area contributed by atoms with Crippen LogP contribution in [0.3, 0.4) is 0 Å². The van der Waals surface area contributed by atoms with Gasteiger partial charge in [0.2, 0.25) is 0 Å². The smallest absolute Gasteiger partial charge is 0.303 e. The van der Waals surface area contributed by atoms with Crippen LogP contribution in [0.15, 0.2) is 12.3 Å². The number of rotatable bonds is 7. The number of hydrogen-bond acceptors (Lipinski definition) is 5. The van der Waals surface area contributed by atoms with Crippen LogP contribution in [-0.4, -0.2) is 27.0 Å². The molecule has 7 nitrogen and oxygen atoms in total. The van der Waals surface area contributed by atoms with Gasteiger partial charge in [0.1, 0.15) is 12.0 Å². The summed E-state index contributed by atoms with van der Waals surface area (Å²) in [5.41, 5.74) is 0.532. The molecule has 1 heterocycles. The number of carboxylic acid groups (broad SMARTS) is 1. The molecule has 0 aromatic carbocycles. The number of anilines is 1. The fourth-order valence-corrected chi connectivity index (χ4v) is 1.70. The molecule has 0 fully saturated rings. The maximum absolute atomic E-state index is 10.6. The fraction of sp³-hybridized carbons (Fsp3) is 0.500. The summed E-state index contributed by atoms with van der Waals surface area (Å²) in [6.07, 6.45) is 2.64. The largest absolute Gasteiger partial charge is 0.481 e. The lowest BCUT2D eigenvalue weighted by Crippen LogP contribution is -2.16. The van der Waals surface area contributed by atoms with Gasteiger partial charge in [-0.1, -0.05) is 0 Å². The van der Waals surface area contributed by atoms with Crippen LogP contribution in [0.2, 0.25) is 0 Å². The lowest BCUT2D eigenvalue weighted by Gasteiger charge is -2.14. The molecule has 2 N–H and O–H groups in total. The Bertz CT molecular complexity index is 476. The molecule has 7 heteroatoms. The van der Waals surface area contributed by atoms with E-state index in [0.29, 0.717) is 24.2 Å². The SMILES string of the molecule is Cc1cc(NC(C)CCCC(=O)O)ncc1[N+](=O)[O-]. The molecule has 0 saturated carbocycles. The zero-order valence-electron chi connectivity index (χ0n) is 10.9. The molecule has 0 bridgehead atoms. The van der Waals surface area contributed by atoms with E-state index in [4.69, 9.17) is 5.11 Å². The summed E-state index contributed by atoms with van der Waals surface area (Å²) in [6, 6.07) is 1.68. The first-order chi connectivity index (χ1) is 8.90. The van der Waals surface area contributed by atoms with Crippen LogP contribution in [0, 0.1) is 17.0 Å². The first-order valence-corrected chi connectivity index (χ1v) is 5.99. The predicted octanol–water partition coefficient (Wildman–Crippen LogP) is 2.35. The Morgan fingerprint density at radius 1 is 1.63 bits per heavy atom. The Morgan fingerprint density at radius 2 is 2.32 bits per heavy atom. The second-order valence-corrected chi connectivity index (χ2v) is 4.44. The molecule has 0 spiro atoms. The highest BCUT2D eigenvalue weighted by atomic mass is 16.6. The van der Waals surface area contributed by atoms with E-state index >= 15 is 0 Å². The number of aromatic nitrogens is 1. The topological polar surface area (TPSA) is 105 Å². The van der Waals surface area contributed by atoms with Crippen molar-refractivity contribution >= 4 is 17.5 Å². The van der Waals surface area contributed by atoms with Crippen LogP contribution >= 0.6 is 0 Å². The van der Waals surface area contributed by atoms with Crippen LogP contribution in [0.5, 0.6) is 0 Å². The molecule has 0 aliphatic rings. The highest BCUT2D eigenvalue weighted by Crippen LogP contribution is 2.19. The van der Waals surface area contributed by atoms with Gasteiger partial charge in [-0.05, 0) is 32.8 Å². The molecule has 1 atom stereocenters. The molecule has 0 aliphatic heterocycles. The summed E-state index contributed by atoms with van der Waals surface area (Å²) in [5.74, 6) is -0.248. The molecule has 1 aromatic rings. The number of nitro groups is 1. The quantitative estimate of drug-likeness (QED) is 0.580. The van der Waals surface area contributed by atoms with Gasteiger partial charge in [0.25, 0.3) is 5.69 Å². The minimum atomic E-state index is -0.809. The van der Waals surface area contributed by atoms with E-state index in [1.54, 1.807) is 13.0 Å². The molecule has 0 saturated heterocycles. The summed E-state index contributed by atoms with van der Waals surface area (Å²) in [6.45, 7) is 3.57. The number of aliphatic carboxylic acids is 1. The number of aryl methyl sites for hydroxylation is 1. The molecule has 1 aromatic heterocycles. The molecule has 0 radical (unpaired) electrons. The molecule has 104 valence electrons. The van der Waals surface area contributed by atoms with Crippen molar-refractivity contribution in [1.29, 1.82) is 0 Å². The van der Waals surface area contributed by atoms with E-state index in [2.05, 4.69) is 10.3 Å². The number of carbonyl (C=O) groups is 1. The van der Waals surface area contributed by atoms with Crippen molar-refractivity contribution in [2.24, 2.45) is 0 Å². The molecule has 0 aliphatic carbocycles. The lowest BCUT2D eigenvalue weighted by molar-refractivity contribution is -0.385. The minimum Gasteiger partial charge on any atom is -0.481 e. The first-order valence-electron chi connectivity index (χ1n) is 5.99. The highest BCUT2D eigenvalue weighted by molar-refractivity contribution is 5.66. The third-order valence-electron chi connectivity index (χ3n) is 2.70. The van der Waals surface area contributed by atoms with Gasteiger partial charge < -0.3 is 10.4 Å². The van der Waals surface area contributed by atoms with Crippen molar-refractivity contribution in [3.8, 4) is 0 Å². The fourth-order valence-electron chi connectivity index (χ4n) is 1.70. The monoisotopic (exact) mass is 267 g/mol. The second-order valence-electron chi connectivity index (χ2n) is 4.44. The molecule has 0 amide bonds. The van der Waals surface area contributed by atoms with Gasteiger partial charge in [-0.15, -0.1) is 0 Å². The van der Waals surface area contributed by atoms with Crippen molar-refractivity contribution in [3.05, 3.63) is 27.9 Å². The van der Waals surface area contributed by atoms with Crippen molar-refractivity contribution in [2.45, 2.75) is 39.2 Å². The zero-order chi connectivity index (χ0) is 14.4. The van der Waals surface area contributed by atoms with Crippen LogP contribution in [0.25, 0.3) is 0 Å². The average molecular weight is 267 g/mol. The number of hydrogen-bond donors (Lipinski definition) is 2. The summed E-state index contributed by atoms with van der Waals surface area (Å²) in [7, 11) is 0. The van der Waals surface area contributed by atoms with Crippen molar-refractivity contribution in [2.75, 3.05) is 5.32 Å². The number of pyridine rings is 1. The van der Waals surface area contributed by atoms with Gasteiger partial charge in [-0.25, -0.2) is 4.98 Å². The van der Waals surface area contributed by atoms with Gasteiger partial charge in [-0.3, -0.25) is 14.9 Å². The van der Waals surface area contributed by atoms with Gasteiger partial charge in [0, 0.05) is 18.0 Å². The van der Waals surface area contributed by atoms with Crippen molar-refractivity contribution in [3.63, 3.8) is 0 Å². The van der Waals surface area contributed by atoms with Crippen LogP contribution < -0.4 is 5.32 Å². The zero-order valence-corrected chi connectivity index (χ0v) is 10.9. The number of nitrogens with one attached hydrogen (secondary N) is 1. The van der Waals surface area contributed by atoms with Crippen molar-refractivity contribution < 1.29 is 14.8 Å². The second kappa shape index (κ2) is 6.67. The van der Waals surface area contributed by atoms with Crippen LogP contribution in [-0.2, 0) is 4.79 Å². The summed E-state index contributed by atoms with van der Waals surface area (Å²) in [5, 5.41) is 22.3. The van der Waals surface area contributed by atoms with Gasteiger partial charge in [0.05, 0.1) is 4.92 Å². The van der Waals surface area contributed by atoms with E-state index in [-0.39, 0.29) is 18.2 Å². The van der Waals surface area contributed by atoms with Gasteiger partial charge in [-0.2, -0.15) is 0 Å². The first kappa shape index (κ1) is 14.9. The average Bonchev–Trinajstić information content (AvgIpc) is 2.27. The van der Waals surface area contributed by atoms with Crippen molar-refractivity contribution in [1.82, 2.24) is 4.98 Å². The van der Waals surface area contributed by atoms with E-state index < -0.39 is 10.9 Å². The Morgan fingerprint density at radius 3 is 2.84 bits per heavy atom. The lowest BCUT2D eigenvalue weighted by atomic mass is 10.1. The maximum atomic E-state index is 10.6. The van der Waals surface area contributed by atoms with E-state index in [1.165, 1.54) is 6.20 Å². The third kappa shape index (κ3) is 4.90. The maximum Gasteiger partial charge on any atom is 0.303 e. The Labute approximate surface area is 110 Å². The molecular weight excluding hydrogens is 250 g/mol. The number of carboxylic acids is 1. The Hall–Kier alpha value is -2.18. The Balaban J connectivity index is 2.55. The molecule has 19 heavy (non-hydrogen) atoms. The van der Waals surface area contributed by atoms with E-state index in [1.807, 2.05) is 6.92 Å². The summed E-state index contributed by atoms with van der Waals surface area (Å²) < 4.78 is 0. The van der Waals surface area contributed by atoms with Crippen LogP contribution in [0.4, 0.5) is 11.5 Å². The summed E-state index contributed by atoms with van der Waals surface area (Å²) in [4.78, 5) is 24.5. The highest BCUT2D eigenvalue weighted by Gasteiger charge is 2.12. The van der Waals surface area contributed by atoms with Gasteiger partial charge in [0.15, 0.2) is 0 Å². The van der Waals surface area contributed by atoms with Gasteiger partial charge >= 0.3 is 5.97 Å². The number of nitrogens with zero attached hydrogens (tertiary/aromatic N) is 2.